The van der Waals surface area contributed by atoms with E-state index in [4.69, 9.17) is 0 Å². The van der Waals surface area contributed by atoms with Crippen molar-refractivity contribution in [1.29, 1.82) is 0 Å². The molecule has 2 heterocycles. The Balaban J connectivity index is 2.23. The first-order valence-electron chi connectivity index (χ1n) is 6.97. The normalized spacial score (nSPS) is 17.6. The standard InChI is InChI=1S/C16H19NOS2/c1-9(2)13-12-10(7-16(3,4)8-11(12)18)14(20-13)15-17-5-6-19-15/h5-6,9H,7-8H2,1-4H3. The first kappa shape index (κ1) is 14.0. The maximum absolute atomic E-state index is 12.6. The van der Waals surface area contributed by atoms with Gasteiger partial charge in [-0.2, -0.15) is 0 Å². The highest BCUT2D eigenvalue weighted by molar-refractivity contribution is 7.21. The predicted molar refractivity (Wildman–Crippen MR) is 85.9 cm³/mol. The maximum Gasteiger partial charge on any atom is 0.164 e. The molecule has 1 aliphatic carbocycles. The van der Waals surface area contributed by atoms with Gasteiger partial charge in [-0.15, -0.1) is 22.7 Å². The molecule has 0 bridgehead atoms. The van der Waals surface area contributed by atoms with Crippen molar-refractivity contribution in [3.63, 3.8) is 0 Å². The zero-order valence-electron chi connectivity index (χ0n) is 12.3. The van der Waals surface area contributed by atoms with Crippen LogP contribution in [-0.2, 0) is 6.42 Å². The molecular weight excluding hydrogens is 286 g/mol. The summed E-state index contributed by atoms with van der Waals surface area (Å²) in [6.07, 6.45) is 3.48. The number of hydrogen-bond acceptors (Lipinski definition) is 4. The van der Waals surface area contributed by atoms with Crippen LogP contribution in [0.5, 0.6) is 0 Å². The third-order valence-electron chi connectivity index (χ3n) is 3.76. The fourth-order valence-corrected chi connectivity index (χ4v) is 5.04. The molecule has 2 nitrogen and oxygen atoms in total. The summed E-state index contributed by atoms with van der Waals surface area (Å²) in [6.45, 7) is 8.72. The van der Waals surface area contributed by atoms with Gasteiger partial charge in [-0.25, -0.2) is 4.98 Å². The van der Waals surface area contributed by atoms with Gasteiger partial charge in [0.25, 0.3) is 0 Å². The van der Waals surface area contributed by atoms with Gasteiger partial charge in [0.2, 0.25) is 0 Å². The Kier molecular flexibility index (Phi) is 3.33. The molecule has 0 aliphatic heterocycles. The molecule has 2 aromatic rings. The van der Waals surface area contributed by atoms with E-state index < -0.39 is 0 Å². The van der Waals surface area contributed by atoms with Crippen LogP contribution in [0.2, 0.25) is 0 Å². The minimum atomic E-state index is 0.0609. The number of fused-ring (bicyclic) bond motifs is 1. The van der Waals surface area contributed by atoms with Gasteiger partial charge in [0.1, 0.15) is 5.01 Å². The topological polar surface area (TPSA) is 30.0 Å². The van der Waals surface area contributed by atoms with Gasteiger partial charge in [0.15, 0.2) is 5.78 Å². The third-order valence-corrected chi connectivity index (χ3v) is 6.22. The first-order valence-corrected chi connectivity index (χ1v) is 8.67. The van der Waals surface area contributed by atoms with Crippen molar-refractivity contribution < 1.29 is 4.79 Å². The van der Waals surface area contributed by atoms with Crippen molar-refractivity contribution in [2.45, 2.75) is 46.5 Å². The number of hydrogen-bond donors (Lipinski definition) is 0. The van der Waals surface area contributed by atoms with E-state index in [2.05, 4.69) is 32.7 Å². The van der Waals surface area contributed by atoms with E-state index in [0.717, 1.165) is 17.0 Å². The van der Waals surface area contributed by atoms with Crippen LogP contribution < -0.4 is 0 Å². The van der Waals surface area contributed by atoms with Crippen LogP contribution in [0.15, 0.2) is 11.6 Å². The Bertz CT molecular complexity index is 650. The third kappa shape index (κ3) is 2.25. The molecule has 0 atom stereocenters. The van der Waals surface area contributed by atoms with Gasteiger partial charge < -0.3 is 0 Å². The smallest absolute Gasteiger partial charge is 0.164 e. The number of rotatable bonds is 2. The van der Waals surface area contributed by atoms with Gasteiger partial charge in [0.05, 0.1) is 4.88 Å². The fraction of sp³-hybridized carbons (Fsp3) is 0.500. The zero-order valence-corrected chi connectivity index (χ0v) is 14.0. The van der Waals surface area contributed by atoms with Gasteiger partial charge >= 0.3 is 0 Å². The summed E-state index contributed by atoms with van der Waals surface area (Å²) in [5.41, 5.74) is 2.32. The Morgan fingerprint density at radius 1 is 1.30 bits per heavy atom. The van der Waals surface area contributed by atoms with Crippen molar-refractivity contribution >= 4 is 28.5 Å². The average Bonchev–Trinajstić information content (AvgIpc) is 2.92. The molecule has 0 radical (unpaired) electrons. The molecule has 4 heteroatoms. The number of Topliss-reactive ketones (excluding diaryl/α,β-unsaturated/α-hetero) is 1. The van der Waals surface area contributed by atoms with E-state index in [9.17, 15) is 4.79 Å². The average molecular weight is 305 g/mol. The van der Waals surface area contributed by atoms with Crippen molar-refractivity contribution in [1.82, 2.24) is 4.98 Å². The van der Waals surface area contributed by atoms with Crippen molar-refractivity contribution in [2.24, 2.45) is 5.41 Å². The molecule has 0 saturated carbocycles. The Labute approximate surface area is 127 Å². The highest BCUT2D eigenvalue weighted by Crippen LogP contribution is 2.47. The second-order valence-electron chi connectivity index (χ2n) is 6.58. The summed E-state index contributed by atoms with van der Waals surface area (Å²) in [5, 5.41) is 3.07. The molecule has 106 valence electrons. The lowest BCUT2D eigenvalue weighted by molar-refractivity contribution is 0.0912. The van der Waals surface area contributed by atoms with Crippen LogP contribution in [0, 0.1) is 5.41 Å². The van der Waals surface area contributed by atoms with Gasteiger partial charge in [-0.3, -0.25) is 4.79 Å². The summed E-state index contributed by atoms with van der Waals surface area (Å²) in [5.74, 6) is 0.714. The number of carbonyl (C=O) groups excluding carboxylic acids is 1. The highest BCUT2D eigenvalue weighted by atomic mass is 32.1. The summed E-state index contributed by atoms with van der Waals surface area (Å²) in [6, 6.07) is 0. The Morgan fingerprint density at radius 3 is 2.65 bits per heavy atom. The number of aromatic nitrogens is 1. The van der Waals surface area contributed by atoms with Crippen molar-refractivity contribution in [3.8, 4) is 9.88 Å². The fourth-order valence-electron chi connectivity index (χ4n) is 2.94. The van der Waals surface area contributed by atoms with Crippen LogP contribution >= 0.6 is 22.7 Å². The molecule has 0 N–H and O–H groups in total. The summed E-state index contributed by atoms with van der Waals surface area (Å²) >= 11 is 3.44. The zero-order chi connectivity index (χ0) is 14.5. The van der Waals surface area contributed by atoms with E-state index in [1.165, 1.54) is 15.3 Å². The Hall–Kier alpha value is -1.00. The van der Waals surface area contributed by atoms with E-state index in [0.29, 0.717) is 18.1 Å². The molecule has 0 fully saturated rings. The monoisotopic (exact) mass is 305 g/mol. The number of carbonyl (C=O) groups is 1. The first-order chi connectivity index (χ1) is 9.39. The lowest BCUT2D eigenvalue weighted by atomic mass is 9.73. The van der Waals surface area contributed by atoms with Crippen molar-refractivity contribution in [2.75, 3.05) is 0 Å². The van der Waals surface area contributed by atoms with E-state index in [1.54, 1.807) is 22.7 Å². The number of thiazole rings is 1. The lowest BCUT2D eigenvalue weighted by Gasteiger charge is -2.29. The molecular formula is C16H19NOS2. The van der Waals surface area contributed by atoms with E-state index in [1.807, 2.05) is 11.6 Å². The molecule has 0 unspecified atom stereocenters. The Morgan fingerprint density at radius 2 is 2.05 bits per heavy atom. The number of thiophene rings is 1. The molecule has 20 heavy (non-hydrogen) atoms. The lowest BCUT2D eigenvalue weighted by Crippen LogP contribution is -2.27. The van der Waals surface area contributed by atoms with Crippen LogP contribution in [-0.4, -0.2) is 10.8 Å². The highest BCUT2D eigenvalue weighted by Gasteiger charge is 2.37. The van der Waals surface area contributed by atoms with Gasteiger partial charge in [0, 0.05) is 28.4 Å². The summed E-state index contributed by atoms with van der Waals surface area (Å²) in [4.78, 5) is 19.5. The van der Waals surface area contributed by atoms with E-state index in [-0.39, 0.29) is 5.41 Å². The minimum absolute atomic E-state index is 0.0609. The summed E-state index contributed by atoms with van der Waals surface area (Å²) in [7, 11) is 0. The largest absolute Gasteiger partial charge is 0.294 e. The molecule has 0 amide bonds. The molecule has 0 spiro atoms. The van der Waals surface area contributed by atoms with Gasteiger partial charge in [-0.1, -0.05) is 27.7 Å². The molecule has 2 aromatic heterocycles. The predicted octanol–water partition coefficient (Wildman–Crippen LogP) is 5.15. The number of ketones is 1. The van der Waals surface area contributed by atoms with E-state index >= 15 is 0 Å². The quantitative estimate of drug-likeness (QED) is 0.768. The SMILES string of the molecule is CC(C)c1sc(-c2nccs2)c2c1C(=O)CC(C)(C)C2. The maximum atomic E-state index is 12.6. The van der Waals surface area contributed by atoms with Gasteiger partial charge in [-0.05, 0) is 23.3 Å². The second kappa shape index (κ2) is 4.78. The second-order valence-corrected chi connectivity index (χ2v) is 8.53. The number of nitrogens with zero attached hydrogens (tertiary/aromatic N) is 1. The van der Waals surface area contributed by atoms with Crippen molar-refractivity contribution in [3.05, 3.63) is 27.6 Å². The van der Waals surface area contributed by atoms with Crippen LogP contribution in [0.25, 0.3) is 9.88 Å². The molecule has 0 saturated heterocycles. The van der Waals surface area contributed by atoms with Crippen LogP contribution in [0.4, 0.5) is 0 Å². The molecule has 1 aliphatic rings. The van der Waals surface area contributed by atoms with Crippen LogP contribution in [0.1, 0.15) is 60.8 Å². The molecule has 3 rings (SSSR count). The van der Waals surface area contributed by atoms with Crippen LogP contribution in [0.3, 0.4) is 0 Å². The molecule has 0 aromatic carbocycles. The summed E-state index contributed by atoms with van der Waals surface area (Å²) < 4.78 is 0. The minimum Gasteiger partial charge on any atom is -0.294 e.